The van der Waals surface area contributed by atoms with E-state index in [-0.39, 0.29) is 11.6 Å². The lowest BCUT2D eigenvalue weighted by Gasteiger charge is -2.03. The third kappa shape index (κ3) is 3.78. The van der Waals surface area contributed by atoms with Crippen molar-refractivity contribution in [3.05, 3.63) is 83.9 Å². The Balaban J connectivity index is 1.82. The van der Waals surface area contributed by atoms with Crippen molar-refractivity contribution in [3.63, 3.8) is 0 Å². The Bertz CT molecular complexity index is 975. The summed E-state index contributed by atoms with van der Waals surface area (Å²) in [5.41, 5.74) is 3.93. The third-order valence-corrected chi connectivity index (χ3v) is 3.77. The summed E-state index contributed by atoms with van der Waals surface area (Å²) < 4.78 is 27.1. The molecule has 0 radical (unpaired) electrons. The molecule has 3 rings (SSSR count). The van der Waals surface area contributed by atoms with Crippen LogP contribution in [0.3, 0.4) is 0 Å². The van der Waals surface area contributed by atoms with Crippen molar-refractivity contribution < 1.29 is 8.78 Å². The quantitative estimate of drug-likeness (QED) is 0.541. The predicted octanol–water partition coefficient (Wildman–Crippen LogP) is 5.75. The first-order chi connectivity index (χ1) is 12.6. The Morgan fingerprint density at radius 1 is 0.808 bits per heavy atom. The first-order valence-corrected chi connectivity index (χ1v) is 7.80. The van der Waals surface area contributed by atoms with Gasteiger partial charge in [0, 0.05) is 12.3 Å². The van der Waals surface area contributed by atoms with Crippen molar-refractivity contribution in [2.45, 2.75) is 0 Å². The van der Waals surface area contributed by atoms with Gasteiger partial charge in [0.25, 0.3) is 0 Å². The van der Waals surface area contributed by atoms with Crippen LogP contribution in [0.15, 0.2) is 71.2 Å². The standard InChI is InChI=1S/C21H15F2N3/c1-3-14-4-8-16(9-5-14)17-10-6-15(7-11-17)13-25-21-19(23)12-18(22)20(24-2)26-21/h3-13H,1-2H2. The van der Waals surface area contributed by atoms with Crippen LogP contribution in [0, 0.1) is 11.6 Å². The molecule has 0 unspecified atom stereocenters. The molecule has 5 heteroatoms. The number of rotatable bonds is 5. The zero-order chi connectivity index (χ0) is 18.5. The molecule has 0 spiro atoms. The zero-order valence-corrected chi connectivity index (χ0v) is 13.9. The fraction of sp³-hybridized carbons (Fsp3) is 0. The number of pyridine rings is 1. The normalized spacial score (nSPS) is 10.8. The molecular weight excluding hydrogens is 332 g/mol. The molecule has 1 heterocycles. The van der Waals surface area contributed by atoms with Crippen LogP contribution < -0.4 is 0 Å². The molecule has 3 aromatic rings. The van der Waals surface area contributed by atoms with Crippen LogP contribution in [0.1, 0.15) is 11.1 Å². The van der Waals surface area contributed by atoms with Gasteiger partial charge in [-0.25, -0.2) is 23.7 Å². The number of hydrogen-bond acceptors (Lipinski definition) is 3. The Kier molecular flexibility index (Phi) is 5.08. The molecule has 2 aromatic carbocycles. The third-order valence-electron chi connectivity index (χ3n) is 3.77. The first-order valence-electron chi connectivity index (χ1n) is 7.80. The lowest BCUT2D eigenvalue weighted by Crippen LogP contribution is -1.89. The second-order valence-electron chi connectivity index (χ2n) is 5.46. The number of benzene rings is 2. The van der Waals surface area contributed by atoms with E-state index >= 15 is 0 Å². The van der Waals surface area contributed by atoms with Crippen molar-refractivity contribution >= 4 is 30.6 Å². The highest BCUT2D eigenvalue weighted by atomic mass is 19.1. The highest BCUT2D eigenvalue weighted by Crippen LogP contribution is 2.23. The molecule has 1 aromatic heterocycles. The molecule has 128 valence electrons. The Morgan fingerprint density at radius 3 is 1.88 bits per heavy atom. The highest BCUT2D eigenvalue weighted by molar-refractivity contribution is 5.83. The summed E-state index contributed by atoms with van der Waals surface area (Å²) in [4.78, 5) is 11.1. The topological polar surface area (TPSA) is 37.6 Å². The van der Waals surface area contributed by atoms with Gasteiger partial charge in [-0.1, -0.05) is 61.2 Å². The summed E-state index contributed by atoms with van der Waals surface area (Å²) in [7, 11) is 0. The molecule has 0 saturated heterocycles. The van der Waals surface area contributed by atoms with Gasteiger partial charge in [0.1, 0.15) is 0 Å². The fourth-order valence-electron chi connectivity index (χ4n) is 2.36. The maximum atomic E-state index is 13.7. The van der Waals surface area contributed by atoms with Gasteiger partial charge in [0.05, 0.1) is 0 Å². The van der Waals surface area contributed by atoms with Crippen LogP contribution in [0.2, 0.25) is 0 Å². The molecule has 0 aliphatic rings. The minimum absolute atomic E-state index is 0.238. The maximum Gasteiger partial charge on any atom is 0.190 e. The van der Waals surface area contributed by atoms with E-state index < -0.39 is 11.6 Å². The average molecular weight is 347 g/mol. The fourth-order valence-corrected chi connectivity index (χ4v) is 2.36. The molecule has 0 aliphatic heterocycles. The number of halogens is 2. The van der Waals surface area contributed by atoms with Gasteiger partial charge < -0.3 is 0 Å². The van der Waals surface area contributed by atoms with Crippen molar-refractivity contribution in [3.8, 4) is 11.1 Å². The molecule has 0 fully saturated rings. The number of nitrogens with zero attached hydrogens (tertiary/aromatic N) is 3. The average Bonchev–Trinajstić information content (AvgIpc) is 2.68. The van der Waals surface area contributed by atoms with Crippen LogP contribution in [-0.2, 0) is 0 Å². The molecule has 0 amide bonds. The molecule has 0 aliphatic carbocycles. The predicted molar refractivity (Wildman–Crippen MR) is 103 cm³/mol. The van der Waals surface area contributed by atoms with Gasteiger partial charge in [-0.05, 0) is 29.0 Å². The molecule has 0 saturated carbocycles. The molecule has 0 N–H and O–H groups in total. The van der Waals surface area contributed by atoms with Gasteiger partial charge in [-0.15, -0.1) is 0 Å². The van der Waals surface area contributed by atoms with Crippen LogP contribution >= 0.6 is 0 Å². The zero-order valence-electron chi connectivity index (χ0n) is 13.9. The lowest BCUT2D eigenvalue weighted by atomic mass is 10.0. The van der Waals surface area contributed by atoms with E-state index in [0.29, 0.717) is 6.07 Å². The largest absolute Gasteiger partial charge is 0.242 e. The second-order valence-corrected chi connectivity index (χ2v) is 5.46. The minimum atomic E-state index is -0.872. The van der Waals surface area contributed by atoms with E-state index in [4.69, 9.17) is 0 Å². The van der Waals surface area contributed by atoms with Gasteiger partial charge in [0.2, 0.25) is 0 Å². The number of hydrogen-bond donors (Lipinski definition) is 0. The van der Waals surface area contributed by atoms with Crippen molar-refractivity contribution in [1.29, 1.82) is 0 Å². The van der Waals surface area contributed by atoms with E-state index in [1.54, 1.807) is 6.08 Å². The van der Waals surface area contributed by atoms with Crippen molar-refractivity contribution in [1.82, 2.24) is 4.98 Å². The Hall–Kier alpha value is -3.47. The summed E-state index contributed by atoms with van der Waals surface area (Å²) in [6, 6.07) is 16.3. The maximum absolute atomic E-state index is 13.7. The van der Waals surface area contributed by atoms with E-state index in [1.807, 2.05) is 48.5 Å². The molecule has 0 bridgehead atoms. The van der Waals surface area contributed by atoms with Crippen molar-refractivity contribution in [2.24, 2.45) is 9.98 Å². The number of aromatic nitrogens is 1. The van der Waals surface area contributed by atoms with Gasteiger partial charge in [-0.2, -0.15) is 0 Å². The van der Waals surface area contributed by atoms with Gasteiger partial charge in [0.15, 0.2) is 23.3 Å². The highest BCUT2D eigenvalue weighted by Gasteiger charge is 2.09. The lowest BCUT2D eigenvalue weighted by molar-refractivity contribution is 0.577. The first kappa shape index (κ1) is 17.4. The van der Waals surface area contributed by atoms with Crippen LogP contribution in [-0.4, -0.2) is 17.9 Å². The summed E-state index contributed by atoms with van der Waals surface area (Å²) in [5.74, 6) is -2.25. The van der Waals surface area contributed by atoms with Gasteiger partial charge in [-0.3, -0.25) is 0 Å². The second kappa shape index (κ2) is 7.61. The molecular formula is C21H15F2N3. The van der Waals surface area contributed by atoms with E-state index in [1.165, 1.54) is 6.21 Å². The van der Waals surface area contributed by atoms with Crippen LogP contribution in [0.5, 0.6) is 0 Å². The SMILES string of the molecule is C=Cc1ccc(-c2ccc(C=Nc3nc(N=C)c(F)cc3F)cc2)cc1. The van der Waals surface area contributed by atoms with Crippen LogP contribution in [0.4, 0.5) is 20.4 Å². The summed E-state index contributed by atoms with van der Waals surface area (Å²) in [6.07, 6.45) is 3.25. The summed E-state index contributed by atoms with van der Waals surface area (Å²) >= 11 is 0. The summed E-state index contributed by atoms with van der Waals surface area (Å²) in [5, 5.41) is 0. The molecule has 3 nitrogen and oxygen atoms in total. The Morgan fingerprint density at radius 2 is 1.35 bits per heavy atom. The molecule has 0 atom stereocenters. The monoisotopic (exact) mass is 347 g/mol. The van der Waals surface area contributed by atoms with Crippen molar-refractivity contribution in [2.75, 3.05) is 0 Å². The summed E-state index contributed by atoms with van der Waals surface area (Å²) in [6.45, 7) is 6.93. The Labute approximate surface area is 150 Å². The smallest absolute Gasteiger partial charge is 0.190 e. The van der Waals surface area contributed by atoms with E-state index in [2.05, 4.69) is 28.3 Å². The minimum Gasteiger partial charge on any atom is -0.242 e. The van der Waals surface area contributed by atoms with E-state index in [9.17, 15) is 8.78 Å². The van der Waals surface area contributed by atoms with Gasteiger partial charge >= 0.3 is 0 Å². The van der Waals surface area contributed by atoms with E-state index in [0.717, 1.165) is 22.3 Å². The molecule has 26 heavy (non-hydrogen) atoms. The van der Waals surface area contributed by atoms with Crippen LogP contribution in [0.25, 0.3) is 17.2 Å². The number of aliphatic imine (C=N–C) groups is 2.